The minimum atomic E-state index is -4.45. The summed E-state index contributed by atoms with van der Waals surface area (Å²) in [5, 5.41) is 9.27. The number of halogens is 3. The van der Waals surface area contributed by atoms with Gasteiger partial charge in [0.2, 0.25) is 0 Å². The Morgan fingerprint density at radius 2 is 1.77 bits per heavy atom. The lowest BCUT2D eigenvalue weighted by molar-refractivity contribution is -0.137. The molecule has 0 aliphatic carbocycles. The monoisotopic (exact) mass is 412 g/mol. The average molecular weight is 412 g/mol. The molecule has 0 atom stereocenters. The van der Waals surface area contributed by atoms with E-state index in [2.05, 4.69) is 10.2 Å². The predicted molar refractivity (Wildman–Crippen MR) is 108 cm³/mol. The number of aryl methyl sites for hydroxylation is 3. The molecule has 0 amide bonds. The molecule has 0 bridgehead atoms. The third-order valence-electron chi connectivity index (χ3n) is 5.19. The van der Waals surface area contributed by atoms with Crippen LogP contribution in [0.1, 0.15) is 27.9 Å². The number of benzene rings is 2. The zero-order valence-corrected chi connectivity index (χ0v) is 16.7. The van der Waals surface area contributed by atoms with Crippen molar-refractivity contribution in [1.82, 2.24) is 19.6 Å². The van der Waals surface area contributed by atoms with Crippen LogP contribution in [-0.4, -0.2) is 19.6 Å². The third-order valence-corrected chi connectivity index (χ3v) is 5.19. The number of hydrogen-bond donors (Lipinski definition) is 0. The molecule has 2 aromatic heterocycles. The van der Waals surface area contributed by atoms with Gasteiger partial charge in [-0.2, -0.15) is 23.4 Å². The summed E-state index contributed by atoms with van der Waals surface area (Å²) in [5.74, 6) is 0. The second kappa shape index (κ2) is 7.12. The molecular weight excluding hydrogens is 393 g/mol. The Labute approximate surface area is 170 Å². The lowest BCUT2D eigenvalue weighted by atomic mass is 10.1. The number of rotatable bonds is 3. The lowest BCUT2D eigenvalue weighted by Crippen LogP contribution is -2.26. The molecular formula is C22H19F3N4O. The van der Waals surface area contributed by atoms with Crippen molar-refractivity contribution in [2.75, 3.05) is 0 Å². The quantitative estimate of drug-likeness (QED) is 0.495. The zero-order valence-electron chi connectivity index (χ0n) is 16.7. The van der Waals surface area contributed by atoms with E-state index >= 15 is 0 Å². The molecule has 0 saturated heterocycles. The SMILES string of the molecule is Cc1ccc(-n2ncc3c(C)nn(Cc4cccc(C(F)(F)F)c4)c(=O)c32)cc1C. The van der Waals surface area contributed by atoms with Crippen LogP contribution in [0.2, 0.25) is 0 Å². The van der Waals surface area contributed by atoms with E-state index in [0.29, 0.717) is 22.2 Å². The molecule has 0 aliphatic heterocycles. The van der Waals surface area contributed by atoms with Crippen LogP contribution in [0.5, 0.6) is 0 Å². The average Bonchev–Trinajstić information content (AvgIpc) is 3.13. The normalized spacial score (nSPS) is 11.9. The fourth-order valence-electron chi connectivity index (χ4n) is 3.40. The Hall–Kier alpha value is -3.42. The van der Waals surface area contributed by atoms with Crippen LogP contribution in [-0.2, 0) is 12.7 Å². The van der Waals surface area contributed by atoms with Crippen LogP contribution in [0.4, 0.5) is 13.2 Å². The van der Waals surface area contributed by atoms with E-state index < -0.39 is 17.3 Å². The Balaban J connectivity index is 1.84. The van der Waals surface area contributed by atoms with Gasteiger partial charge in [0, 0.05) is 5.39 Å². The predicted octanol–water partition coefficient (Wildman–Crippen LogP) is 4.57. The van der Waals surface area contributed by atoms with E-state index in [0.717, 1.165) is 28.9 Å². The van der Waals surface area contributed by atoms with E-state index in [1.165, 1.54) is 10.7 Å². The molecule has 0 aliphatic rings. The zero-order chi connectivity index (χ0) is 21.6. The molecule has 154 valence electrons. The van der Waals surface area contributed by atoms with Gasteiger partial charge in [0.25, 0.3) is 5.56 Å². The molecule has 4 aromatic rings. The maximum atomic E-state index is 13.2. The van der Waals surface area contributed by atoms with Crippen molar-refractivity contribution >= 4 is 10.9 Å². The standard InChI is InChI=1S/C22H19F3N4O/c1-13-7-8-18(9-14(13)2)29-20-19(11-26-29)15(3)27-28(21(20)30)12-16-5-4-6-17(10-16)22(23,24)25/h4-11H,12H2,1-3H3. The van der Waals surface area contributed by atoms with E-state index in [-0.39, 0.29) is 6.54 Å². The van der Waals surface area contributed by atoms with Gasteiger partial charge in [-0.15, -0.1) is 0 Å². The molecule has 8 heteroatoms. The van der Waals surface area contributed by atoms with Crippen LogP contribution >= 0.6 is 0 Å². The minimum absolute atomic E-state index is 0.0718. The molecule has 0 fully saturated rings. The number of alkyl halides is 3. The maximum Gasteiger partial charge on any atom is 0.416 e. The van der Waals surface area contributed by atoms with Crippen LogP contribution in [0.3, 0.4) is 0 Å². The van der Waals surface area contributed by atoms with Gasteiger partial charge in [-0.25, -0.2) is 9.36 Å². The van der Waals surface area contributed by atoms with Crippen molar-refractivity contribution in [1.29, 1.82) is 0 Å². The van der Waals surface area contributed by atoms with Gasteiger partial charge in [-0.05, 0) is 61.7 Å². The van der Waals surface area contributed by atoms with Gasteiger partial charge in [-0.3, -0.25) is 4.79 Å². The second-order valence-electron chi connectivity index (χ2n) is 7.33. The van der Waals surface area contributed by atoms with Crippen LogP contribution < -0.4 is 5.56 Å². The van der Waals surface area contributed by atoms with Gasteiger partial charge in [0.15, 0.2) is 0 Å². The fraction of sp³-hybridized carbons (Fsp3) is 0.227. The highest BCUT2D eigenvalue weighted by atomic mass is 19.4. The first-order chi connectivity index (χ1) is 14.1. The molecule has 0 spiro atoms. The summed E-state index contributed by atoms with van der Waals surface area (Å²) in [6.45, 7) is 5.65. The van der Waals surface area contributed by atoms with Crippen molar-refractivity contribution in [2.24, 2.45) is 0 Å². The van der Waals surface area contributed by atoms with Gasteiger partial charge < -0.3 is 0 Å². The van der Waals surface area contributed by atoms with Crippen LogP contribution in [0, 0.1) is 20.8 Å². The number of aromatic nitrogens is 4. The number of nitrogens with zero attached hydrogens (tertiary/aromatic N) is 4. The summed E-state index contributed by atoms with van der Waals surface area (Å²) < 4.78 is 41.8. The highest BCUT2D eigenvalue weighted by Crippen LogP contribution is 2.29. The minimum Gasteiger partial charge on any atom is -0.265 e. The summed E-state index contributed by atoms with van der Waals surface area (Å²) in [7, 11) is 0. The first-order valence-electron chi connectivity index (χ1n) is 9.34. The number of hydrogen-bond acceptors (Lipinski definition) is 3. The van der Waals surface area contributed by atoms with E-state index in [1.54, 1.807) is 23.9 Å². The van der Waals surface area contributed by atoms with Crippen molar-refractivity contribution < 1.29 is 13.2 Å². The molecule has 2 heterocycles. The third kappa shape index (κ3) is 3.49. The molecule has 30 heavy (non-hydrogen) atoms. The molecule has 0 radical (unpaired) electrons. The Morgan fingerprint density at radius 1 is 1.00 bits per heavy atom. The summed E-state index contributed by atoms with van der Waals surface area (Å²) in [5.41, 5.74) is 3.01. The lowest BCUT2D eigenvalue weighted by Gasteiger charge is -2.11. The highest BCUT2D eigenvalue weighted by molar-refractivity contribution is 5.81. The fourth-order valence-corrected chi connectivity index (χ4v) is 3.40. The van der Waals surface area contributed by atoms with Gasteiger partial charge in [0.05, 0.1) is 29.7 Å². The number of fused-ring (bicyclic) bond motifs is 1. The van der Waals surface area contributed by atoms with E-state index in [4.69, 9.17) is 0 Å². The van der Waals surface area contributed by atoms with Crippen molar-refractivity contribution in [2.45, 2.75) is 33.5 Å². The van der Waals surface area contributed by atoms with Gasteiger partial charge in [-0.1, -0.05) is 18.2 Å². The van der Waals surface area contributed by atoms with Crippen LogP contribution in [0.25, 0.3) is 16.6 Å². The summed E-state index contributed by atoms with van der Waals surface area (Å²) in [6.07, 6.45) is -2.86. The summed E-state index contributed by atoms with van der Waals surface area (Å²) >= 11 is 0. The molecule has 4 rings (SSSR count). The molecule has 0 unspecified atom stereocenters. The largest absolute Gasteiger partial charge is 0.416 e. The summed E-state index contributed by atoms with van der Waals surface area (Å²) in [6, 6.07) is 10.7. The van der Waals surface area contributed by atoms with E-state index in [1.807, 2.05) is 32.0 Å². The maximum absolute atomic E-state index is 13.2. The first-order valence-corrected chi connectivity index (χ1v) is 9.34. The molecule has 0 N–H and O–H groups in total. The molecule has 2 aromatic carbocycles. The topological polar surface area (TPSA) is 52.7 Å². The smallest absolute Gasteiger partial charge is 0.265 e. The Morgan fingerprint density at radius 3 is 2.47 bits per heavy atom. The van der Waals surface area contributed by atoms with Crippen molar-refractivity contribution in [3.05, 3.63) is 87.0 Å². The molecule has 5 nitrogen and oxygen atoms in total. The van der Waals surface area contributed by atoms with Gasteiger partial charge in [0.1, 0.15) is 5.52 Å². The van der Waals surface area contributed by atoms with Gasteiger partial charge >= 0.3 is 6.18 Å². The second-order valence-corrected chi connectivity index (χ2v) is 7.33. The summed E-state index contributed by atoms with van der Waals surface area (Å²) in [4.78, 5) is 13.2. The molecule has 0 saturated carbocycles. The van der Waals surface area contributed by atoms with Crippen molar-refractivity contribution in [3.8, 4) is 5.69 Å². The van der Waals surface area contributed by atoms with Crippen LogP contribution in [0.15, 0.2) is 53.5 Å². The first kappa shape index (κ1) is 19.9. The Bertz CT molecular complexity index is 1320. The Kier molecular flexibility index (Phi) is 4.72. The highest BCUT2D eigenvalue weighted by Gasteiger charge is 2.30. The van der Waals surface area contributed by atoms with E-state index in [9.17, 15) is 18.0 Å². The van der Waals surface area contributed by atoms with Crippen molar-refractivity contribution in [3.63, 3.8) is 0 Å².